The summed E-state index contributed by atoms with van der Waals surface area (Å²) in [7, 11) is 0. The molecule has 1 amide bonds. The summed E-state index contributed by atoms with van der Waals surface area (Å²) in [6.07, 6.45) is 0. The van der Waals surface area contributed by atoms with Gasteiger partial charge in [-0.25, -0.2) is 4.39 Å². The average molecular weight is 252 g/mol. The van der Waals surface area contributed by atoms with Crippen LogP contribution < -0.4 is 10.6 Å². The smallest absolute Gasteiger partial charge is 0.234 e. The van der Waals surface area contributed by atoms with Gasteiger partial charge in [0.25, 0.3) is 0 Å². The highest BCUT2D eigenvalue weighted by Crippen LogP contribution is 2.12. The second-order valence-corrected chi connectivity index (χ2v) is 5.45. The third-order valence-corrected chi connectivity index (χ3v) is 2.45. The lowest BCUT2D eigenvalue weighted by atomic mass is 10.1. The molecule has 0 unspecified atom stereocenters. The van der Waals surface area contributed by atoms with Crippen LogP contribution in [0.3, 0.4) is 0 Å². The van der Waals surface area contributed by atoms with E-state index < -0.39 is 0 Å². The van der Waals surface area contributed by atoms with Gasteiger partial charge in [-0.1, -0.05) is 12.1 Å². The molecule has 0 spiro atoms. The number of nitrogens with one attached hydrogen (secondary N) is 2. The van der Waals surface area contributed by atoms with Gasteiger partial charge < -0.3 is 10.6 Å². The minimum Gasteiger partial charge on any atom is -0.350 e. The van der Waals surface area contributed by atoms with Crippen LogP contribution in [0.1, 0.15) is 39.3 Å². The molecular formula is C14H21FN2O. The Balaban J connectivity index is 2.44. The van der Waals surface area contributed by atoms with Crippen molar-refractivity contribution >= 4 is 5.91 Å². The topological polar surface area (TPSA) is 41.1 Å². The van der Waals surface area contributed by atoms with E-state index in [0.717, 1.165) is 5.56 Å². The van der Waals surface area contributed by atoms with E-state index in [1.165, 1.54) is 12.1 Å². The van der Waals surface area contributed by atoms with E-state index in [1.807, 2.05) is 27.7 Å². The Labute approximate surface area is 108 Å². The van der Waals surface area contributed by atoms with Crippen molar-refractivity contribution in [2.45, 2.75) is 39.3 Å². The van der Waals surface area contributed by atoms with Gasteiger partial charge in [0.15, 0.2) is 0 Å². The fourth-order valence-corrected chi connectivity index (χ4v) is 1.58. The molecule has 0 saturated heterocycles. The van der Waals surface area contributed by atoms with Gasteiger partial charge in [-0.05, 0) is 45.4 Å². The number of amides is 1. The molecule has 0 aliphatic carbocycles. The monoisotopic (exact) mass is 252 g/mol. The van der Waals surface area contributed by atoms with E-state index >= 15 is 0 Å². The summed E-state index contributed by atoms with van der Waals surface area (Å²) in [5, 5.41) is 5.98. The first kappa shape index (κ1) is 14.6. The lowest BCUT2D eigenvalue weighted by Gasteiger charge is -2.21. The minimum absolute atomic E-state index is 0.0105. The van der Waals surface area contributed by atoms with E-state index in [-0.39, 0.29) is 29.8 Å². The van der Waals surface area contributed by atoms with Gasteiger partial charge in [-0.15, -0.1) is 0 Å². The van der Waals surface area contributed by atoms with Crippen molar-refractivity contribution in [3.63, 3.8) is 0 Å². The molecule has 0 radical (unpaired) electrons. The molecule has 0 heterocycles. The zero-order chi connectivity index (χ0) is 13.8. The lowest BCUT2D eigenvalue weighted by molar-refractivity contribution is -0.121. The van der Waals surface area contributed by atoms with Gasteiger partial charge >= 0.3 is 0 Å². The predicted octanol–water partition coefficient (Wildman–Crippen LogP) is 2.39. The van der Waals surface area contributed by atoms with Crippen molar-refractivity contribution in [2.75, 3.05) is 6.54 Å². The van der Waals surface area contributed by atoms with Crippen LogP contribution in [0.25, 0.3) is 0 Å². The Kier molecular flexibility index (Phi) is 4.84. The van der Waals surface area contributed by atoms with Crippen LogP contribution in [0.2, 0.25) is 0 Å². The normalized spacial score (nSPS) is 13.2. The Morgan fingerprint density at radius 2 is 1.83 bits per heavy atom. The molecule has 18 heavy (non-hydrogen) atoms. The summed E-state index contributed by atoms with van der Waals surface area (Å²) < 4.78 is 12.8. The maximum atomic E-state index is 12.8. The fraction of sp³-hybridized carbons (Fsp3) is 0.500. The highest BCUT2D eigenvalue weighted by molar-refractivity contribution is 5.78. The molecule has 1 rings (SSSR count). The van der Waals surface area contributed by atoms with E-state index in [4.69, 9.17) is 0 Å². The SMILES string of the molecule is C[C@H](NCC(=O)NC(C)(C)C)c1ccc(F)cc1. The summed E-state index contributed by atoms with van der Waals surface area (Å²) in [4.78, 5) is 11.6. The van der Waals surface area contributed by atoms with Crippen molar-refractivity contribution in [2.24, 2.45) is 0 Å². The molecule has 0 aliphatic heterocycles. The second kappa shape index (κ2) is 5.96. The molecular weight excluding hydrogens is 231 g/mol. The van der Waals surface area contributed by atoms with Crippen LogP contribution in [0.5, 0.6) is 0 Å². The number of benzene rings is 1. The van der Waals surface area contributed by atoms with Crippen LogP contribution in [0, 0.1) is 5.82 Å². The summed E-state index contributed by atoms with van der Waals surface area (Å²) in [5.74, 6) is -0.298. The molecule has 0 bridgehead atoms. The molecule has 1 atom stereocenters. The molecule has 2 N–H and O–H groups in total. The van der Waals surface area contributed by atoms with Crippen LogP contribution in [-0.4, -0.2) is 18.0 Å². The summed E-state index contributed by atoms with van der Waals surface area (Å²) in [5.41, 5.74) is 0.734. The number of carbonyl (C=O) groups excluding carboxylic acids is 1. The highest BCUT2D eigenvalue weighted by Gasteiger charge is 2.14. The van der Waals surface area contributed by atoms with Gasteiger partial charge in [-0.2, -0.15) is 0 Å². The van der Waals surface area contributed by atoms with Crippen molar-refractivity contribution in [3.05, 3.63) is 35.6 Å². The molecule has 0 aromatic heterocycles. The maximum Gasteiger partial charge on any atom is 0.234 e. The van der Waals surface area contributed by atoms with Crippen LogP contribution >= 0.6 is 0 Å². The number of rotatable bonds is 4. The minimum atomic E-state index is -0.253. The lowest BCUT2D eigenvalue weighted by Crippen LogP contribution is -2.45. The number of carbonyl (C=O) groups is 1. The zero-order valence-corrected chi connectivity index (χ0v) is 11.4. The zero-order valence-electron chi connectivity index (χ0n) is 11.4. The molecule has 1 aromatic carbocycles. The van der Waals surface area contributed by atoms with Crippen molar-refractivity contribution in [1.82, 2.24) is 10.6 Å². The Hall–Kier alpha value is -1.42. The molecule has 1 aromatic rings. The van der Waals surface area contributed by atoms with Crippen LogP contribution in [0.15, 0.2) is 24.3 Å². The summed E-state index contributed by atoms with van der Waals surface area (Å²) in [6, 6.07) is 6.28. The first-order valence-corrected chi connectivity index (χ1v) is 6.08. The summed E-state index contributed by atoms with van der Waals surface area (Å²) in [6.45, 7) is 8.00. The highest BCUT2D eigenvalue weighted by atomic mass is 19.1. The fourth-order valence-electron chi connectivity index (χ4n) is 1.58. The number of hydrogen-bond acceptors (Lipinski definition) is 2. The number of halogens is 1. The molecule has 100 valence electrons. The quantitative estimate of drug-likeness (QED) is 0.864. The average Bonchev–Trinajstić information content (AvgIpc) is 2.24. The summed E-state index contributed by atoms with van der Waals surface area (Å²) >= 11 is 0. The van der Waals surface area contributed by atoms with Gasteiger partial charge in [0.2, 0.25) is 5.91 Å². The second-order valence-electron chi connectivity index (χ2n) is 5.45. The molecule has 3 nitrogen and oxygen atoms in total. The first-order chi connectivity index (χ1) is 8.28. The van der Waals surface area contributed by atoms with Gasteiger partial charge in [0.1, 0.15) is 5.82 Å². The third-order valence-electron chi connectivity index (χ3n) is 2.45. The Morgan fingerprint density at radius 1 is 1.28 bits per heavy atom. The first-order valence-electron chi connectivity index (χ1n) is 6.08. The van der Waals surface area contributed by atoms with E-state index in [2.05, 4.69) is 10.6 Å². The Morgan fingerprint density at radius 3 is 2.33 bits per heavy atom. The molecule has 0 aliphatic rings. The standard InChI is InChI=1S/C14H21FN2O/c1-10(11-5-7-12(15)8-6-11)16-9-13(18)17-14(2,3)4/h5-8,10,16H,9H2,1-4H3,(H,17,18)/t10-/m0/s1. The van der Waals surface area contributed by atoms with Gasteiger partial charge in [-0.3, -0.25) is 4.79 Å². The molecule has 4 heteroatoms. The van der Waals surface area contributed by atoms with E-state index in [1.54, 1.807) is 12.1 Å². The molecule has 0 fully saturated rings. The number of hydrogen-bond donors (Lipinski definition) is 2. The van der Waals surface area contributed by atoms with Gasteiger partial charge in [0.05, 0.1) is 6.54 Å². The Bertz CT molecular complexity index is 395. The van der Waals surface area contributed by atoms with E-state index in [0.29, 0.717) is 0 Å². The van der Waals surface area contributed by atoms with Crippen LogP contribution in [0.4, 0.5) is 4.39 Å². The largest absolute Gasteiger partial charge is 0.350 e. The predicted molar refractivity (Wildman–Crippen MR) is 70.7 cm³/mol. The van der Waals surface area contributed by atoms with Crippen molar-refractivity contribution < 1.29 is 9.18 Å². The van der Waals surface area contributed by atoms with Crippen molar-refractivity contribution in [1.29, 1.82) is 0 Å². The van der Waals surface area contributed by atoms with E-state index in [9.17, 15) is 9.18 Å². The molecule has 0 saturated carbocycles. The van der Waals surface area contributed by atoms with Crippen LogP contribution in [-0.2, 0) is 4.79 Å². The van der Waals surface area contributed by atoms with Gasteiger partial charge in [0, 0.05) is 11.6 Å². The maximum absolute atomic E-state index is 12.8. The third kappa shape index (κ3) is 5.27. The van der Waals surface area contributed by atoms with Crippen molar-refractivity contribution in [3.8, 4) is 0 Å².